The molecule has 2 heterocycles. The fourth-order valence-corrected chi connectivity index (χ4v) is 6.42. The first kappa shape index (κ1) is 33.6. The minimum absolute atomic E-state index is 0.0961. The number of carbonyl (C=O) groups excluding carboxylic acids is 5. The second-order valence-electron chi connectivity index (χ2n) is 11.0. The Bertz CT molecular complexity index is 1850. The van der Waals surface area contributed by atoms with Gasteiger partial charge in [-0.3, -0.25) is 34.3 Å². The fraction of sp³-hybridized carbons (Fsp3) is 0.206. The summed E-state index contributed by atoms with van der Waals surface area (Å²) in [4.78, 5) is 79.5. The van der Waals surface area contributed by atoms with Crippen LogP contribution in [0.4, 0.5) is 5.69 Å². The molecule has 13 nitrogen and oxygen atoms in total. The number of nitro benzene ring substituents is 1. The Morgan fingerprint density at radius 3 is 1.85 bits per heavy atom. The monoisotopic (exact) mass is 671 g/mol. The van der Waals surface area contributed by atoms with Crippen LogP contribution in [0, 0.1) is 10.1 Å². The Morgan fingerprint density at radius 1 is 0.812 bits per heavy atom. The van der Waals surface area contributed by atoms with Crippen molar-refractivity contribution in [3.63, 3.8) is 0 Å². The maximum Gasteiger partial charge on any atom is 0.355 e. The molecule has 48 heavy (non-hydrogen) atoms. The van der Waals surface area contributed by atoms with Gasteiger partial charge in [0.05, 0.1) is 16.1 Å². The summed E-state index contributed by atoms with van der Waals surface area (Å²) in [6.45, 7) is 3.96. The lowest BCUT2D eigenvalue weighted by Gasteiger charge is -2.49. The Balaban J connectivity index is 1.44. The first-order valence-corrected chi connectivity index (χ1v) is 15.4. The van der Waals surface area contributed by atoms with Crippen molar-refractivity contribution >= 4 is 47.1 Å². The molecule has 0 radical (unpaired) electrons. The first-order chi connectivity index (χ1) is 22.9. The number of rotatable bonds is 11. The SMILES string of the molecule is CC(C)=C(C(=O)OCc1ccccc1)N1C(=O)[C@@H](N2C(=O)c3ccccc3C2=O)[C@H]1S/C(C(=O)OCc1ccc([N+](=O)[O-])cc1)=C(/C)O. The van der Waals surface area contributed by atoms with Gasteiger partial charge in [-0.25, -0.2) is 9.59 Å². The number of β-lactam (4-membered cyclic amide) rings is 1. The number of likely N-dealkylation sites (tertiary alicyclic amines) is 1. The number of hydrogen-bond donors (Lipinski definition) is 1. The zero-order chi connectivity index (χ0) is 34.7. The molecule has 2 aliphatic rings. The summed E-state index contributed by atoms with van der Waals surface area (Å²) in [7, 11) is 0. The summed E-state index contributed by atoms with van der Waals surface area (Å²) in [6, 6.07) is 18.8. The molecule has 3 amide bonds. The normalized spacial score (nSPS) is 17.3. The molecular formula is C34H29N3O10S. The number of fused-ring (bicyclic) bond motifs is 1. The average molecular weight is 672 g/mol. The molecule has 0 aromatic heterocycles. The van der Waals surface area contributed by atoms with Crippen LogP contribution < -0.4 is 0 Å². The summed E-state index contributed by atoms with van der Waals surface area (Å²) in [5.41, 5.74) is 1.37. The van der Waals surface area contributed by atoms with E-state index >= 15 is 0 Å². The van der Waals surface area contributed by atoms with Crippen LogP contribution in [0.1, 0.15) is 52.6 Å². The van der Waals surface area contributed by atoms with Crippen LogP contribution in [0.2, 0.25) is 0 Å². The van der Waals surface area contributed by atoms with E-state index in [0.29, 0.717) is 28.5 Å². The molecule has 246 valence electrons. The Morgan fingerprint density at radius 2 is 1.33 bits per heavy atom. The molecule has 0 unspecified atom stereocenters. The van der Waals surface area contributed by atoms with Gasteiger partial charge >= 0.3 is 11.9 Å². The number of allylic oxidation sites excluding steroid dienone is 2. The Hall–Kier alpha value is -5.76. The highest BCUT2D eigenvalue weighted by Gasteiger charge is 2.59. The molecule has 0 aliphatic carbocycles. The quantitative estimate of drug-likeness (QED) is 0.0551. The van der Waals surface area contributed by atoms with Crippen LogP contribution in [0.3, 0.4) is 0 Å². The van der Waals surface area contributed by atoms with Gasteiger partial charge in [-0.15, -0.1) is 0 Å². The van der Waals surface area contributed by atoms with E-state index in [9.17, 15) is 39.2 Å². The van der Waals surface area contributed by atoms with E-state index in [1.165, 1.54) is 43.3 Å². The van der Waals surface area contributed by atoms with Gasteiger partial charge in [-0.2, -0.15) is 0 Å². The number of carbonyl (C=O) groups is 5. The Labute approximate surface area is 278 Å². The lowest BCUT2D eigenvalue weighted by molar-refractivity contribution is -0.384. The van der Waals surface area contributed by atoms with Crippen LogP contribution >= 0.6 is 11.8 Å². The van der Waals surface area contributed by atoms with Gasteiger partial charge in [-0.05, 0) is 61.7 Å². The number of imide groups is 1. The van der Waals surface area contributed by atoms with Crippen molar-refractivity contribution < 1.29 is 43.5 Å². The fourth-order valence-electron chi connectivity index (χ4n) is 5.17. The summed E-state index contributed by atoms with van der Waals surface area (Å²) in [5, 5.41) is 20.3. The third-order valence-corrected chi connectivity index (χ3v) is 8.92. The molecule has 1 fully saturated rings. The lowest BCUT2D eigenvalue weighted by Crippen LogP contribution is -2.70. The van der Waals surface area contributed by atoms with Crippen molar-refractivity contribution in [1.29, 1.82) is 0 Å². The number of nitro groups is 1. The van der Waals surface area contributed by atoms with Crippen LogP contribution in [0.15, 0.2) is 101 Å². The van der Waals surface area contributed by atoms with E-state index in [1.54, 1.807) is 56.3 Å². The second-order valence-corrected chi connectivity index (χ2v) is 12.1. The number of esters is 2. The van der Waals surface area contributed by atoms with Crippen LogP contribution in [0.25, 0.3) is 0 Å². The largest absolute Gasteiger partial charge is 0.511 e. The predicted octanol–water partition coefficient (Wildman–Crippen LogP) is 5.03. The molecule has 1 N–H and O–H groups in total. The third kappa shape index (κ3) is 6.55. The first-order valence-electron chi connectivity index (χ1n) is 14.6. The number of benzene rings is 3. The van der Waals surface area contributed by atoms with Gasteiger partial charge in [0.2, 0.25) is 0 Å². The molecule has 5 rings (SSSR count). The van der Waals surface area contributed by atoms with E-state index in [1.807, 2.05) is 0 Å². The molecule has 1 saturated heterocycles. The van der Waals surface area contributed by atoms with Gasteiger partial charge < -0.3 is 14.6 Å². The number of aliphatic hydroxyl groups is 1. The highest BCUT2D eigenvalue weighted by atomic mass is 32.2. The van der Waals surface area contributed by atoms with Crippen LogP contribution in [0.5, 0.6) is 0 Å². The molecule has 0 saturated carbocycles. The molecule has 3 aromatic carbocycles. The van der Waals surface area contributed by atoms with Crippen molar-refractivity contribution in [1.82, 2.24) is 9.80 Å². The summed E-state index contributed by atoms with van der Waals surface area (Å²) < 4.78 is 10.9. The number of thioether (sulfide) groups is 1. The molecule has 0 spiro atoms. The van der Waals surface area contributed by atoms with E-state index in [2.05, 4.69) is 0 Å². The highest BCUT2D eigenvalue weighted by Crippen LogP contribution is 2.44. The lowest BCUT2D eigenvalue weighted by atomic mass is 10.0. The topological polar surface area (TPSA) is 174 Å². The summed E-state index contributed by atoms with van der Waals surface area (Å²) >= 11 is 0.639. The maximum absolute atomic E-state index is 13.9. The van der Waals surface area contributed by atoms with E-state index in [0.717, 1.165) is 9.80 Å². The van der Waals surface area contributed by atoms with Gasteiger partial charge in [0.25, 0.3) is 23.4 Å². The third-order valence-electron chi connectivity index (χ3n) is 7.51. The van der Waals surface area contributed by atoms with E-state index in [4.69, 9.17) is 9.47 Å². The highest BCUT2D eigenvalue weighted by molar-refractivity contribution is 8.04. The number of nitrogens with zero attached hydrogens (tertiary/aromatic N) is 3. The molecule has 2 aliphatic heterocycles. The van der Waals surface area contributed by atoms with E-state index < -0.39 is 51.8 Å². The minimum atomic E-state index is -1.46. The van der Waals surface area contributed by atoms with E-state index in [-0.39, 0.29) is 40.6 Å². The summed E-state index contributed by atoms with van der Waals surface area (Å²) in [5.74, 6) is -4.58. The van der Waals surface area contributed by atoms with Crippen molar-refractivity contribution in [2.24, 2.45) is 0 Å². The van der Waals surface area contributed by atoms with Gasteiger partial charge in [-0.1, -0.05) is 54.2 Å². The van der Waals surface area contributed by atoms with Gasteiger partial charge in [0.1, 0.15) is 41.0 Å². The maximum atomic E-state index is 13.9. The Kier molecular flexibility index (Phi) is 9.75. The predicted molar refractivity (Wildman–Crippen MR) is 172 cm³/mol. The summed E-state index contributed by atoms with van der Waals surface area (Å²) in [6.07, 6.45) is 0. The smallest absolute Gasteiger partial charge is 0.355 e. The number of ether oxygens (including phenoxy) is 2. The van der Waals surface area contributed by atoms with Crippen molar-refractivity contribution in [2.75, 3.05) is 0 Å². The molecular weight excluding hydrogens is 642 g/mol. The average Bonchev–Trinajstić information content (AvgIpc) is 3.31. The van der Waals surface area contributed by atoms with Crippen LogP contribution in [-0.2, 0) is 37.1 Å². The standard InChI is InChI=1S/C34H29N3O10S/c1-19(2)26(33(42)46-17-21-9-5-4-6-10-21)36-31(41)27(35-29(39)24-11-7-8-12-25(24)30(35)40)32(36)48-28(20(3)38)34(43)47-18-22-13-15-23(16-14-22)37(44)45/h4-16,27,32,38H,17-18H2,1-3H3/b28-20-/t27-,32-/m1/s1. The number of hydrogen-bond acceptors (Lipinski definition) is 11. The minimum Gasteiger partial charge on any atom is -0.511 e. The number of non-ortho nitro benzene ring substituents is 1. The van der Waals surface area contributed by atoms with Crippen LogP contribution in [-0.4, -0.2) is 60.9 Å². The number of aliphatic hydroxyl groups excluding tert-OH is 1. The molecule has 2 atom stereocenters. The van der Waals surface area contributed by atoms with Crippen molar-refractivity contribution in [2.45, 2.75) is 45.4 Å². The van der Waals surface area contributed by atoms with Crippen molar-refractivity contribution in [3.05, 3.63) is 133 Å². The zero-order valence-electron chi connectivity index (χ0n) is 25.9. The second kappa shape index (κ2) is 13.9. The zero-order valence-corrected chi connectivity index (χ0v) is 26.8. The molecule has 14 heteroatoms. The number of amides is 3. The molecule has 3 aromatic rings. The van der Waals surface area contributed by atoms with Crippen molar-refractivity contribution in [3.8, 4) is 0 Å². The van der Waals surface area contributed by atoms with Gasteiger partial charge in [0, 0.05) is 12.1 Å². The molecule has 0 bridgehead atoms. The van der Waals surface area contributed by atoms with Gasteiger partial charge in [0.15, 0.2) is 0 Å².